The Morgan fingerprint density at radius 1 is 0.865 bits per heavy atom. The zero-order valence-corrected chi connectivity index (χ0v) is 20.4. The van der Waals surface area contributed by atoms with Gasteiger partial charge in [-0.25, -0.2) is 8.42 Å². The van der Waals surface area contributed by atoms with Gasteiger partial charge in [0.2, 0.25) is 0 Å². The monoisotopic (exact) mass is 548 g/mol. The van der Waals surface area contributed by atoms with E-state index in [2.05, 4.69) is 5.32 Å². The number of benzene rings is 2. The average Bonchev–Trinajstić information content (AvgIpc) is 3.33. The molecule has 0 amide bonds. The smallest absolute Gasteiger partial charge is 0.381 e. The second-order valence-corrected chi connectivity index (χ2v) is 11.6. The highest BCUT2D eigenvalue weighted by Gasteiger charge is 2.45. The number of ether oxygens (including phenoxy) is 1. The molecule has 202 valence electrons. The fourth-order valence-electron chi connectivity index (χ4n) is 5.92. The SMILES string of the molecule is O=S(=O)(Nc1ccc(C(F)(F)F)c(C(F)(F)F)c1)c1ccc2c(c1)C1OCCC1C(C1CCCCC1)N2. The highest BCUT2D eigenvalue weighted by atomic mass is 32.2. The Hall–Kier alpha value is -2.47. The summed E-state index contributed by atoms with van der Waals surface area (Å²) >= 11 is 0. The second kappa shape index (κ2) is 9.37. The predicted octanol–water partition coefficient (Wildman–Crippen LogP) is 6.98. The highest BCUT2D eigenvalue weighted by molar-refractivity contribution is 7.92. The number of fused-ring (bicyclic) bond motifs is 3. The molecule has 3 aliphatic rings. The molecule has 1 saturated heterocycles. The van der Waals surface area contributed by atoms with E-state index in [9.17, 15) is 34.8 Å². The Labute approximate surface area is 210 Å². The standard InChI is InChI=1S/C25H26F6N2O3S/c26-24(27,28)19-8-6-15(12-20(19)25(29,30)31)33-37(34,35)16-7-9-21-18(13-16)23-17(10-11-36-23)22(32-21)14-4-2-1-3-5-14/h6-9,12-14,17,22-23,32-33H,1-5,10-11H2. The number of alkyl halides is 6. The third-order valence-electron chi connectivity index (χ3n) is 7.60. The summed E-state index contributed by atoms with van der Waals surface area (Å²) in [5, 5.41) is 3.58. The molecule has 0 spiro atoms. The molecule has 2 aliphatic heterocycles. The fourth-order valence-corrected chi connectivity index (χ4v) is 7.00. The van der Waals surface area contributed by atoms with Gasteiger partial charge in [-0.1, -0.05) is 19.3 Å². The van der Waals surface area contributed by atoms with Crippen LogP contribution in [-0.4, -0.2) is 21.1 Å². The van der Waals surface area contributed by atoms with Crippen molar-refractivity contribution >= 4 is 21.4 Å². The molecule has 12 heteroatoms. The lowest BCUT2D eigenvalue weighted by atomic mass is 9.73. The number of nitrogens with one attached hydrogen (secondary N) is 2. The van der Waals surface area contributed by atoms with Gasteiger partial charge in [0.1, 0.15) is 0 Å². The van der Waals surface area contributed by atoms with E-state index >= 15 is 0 Å². The van der Waals surface area contributed by atoms with E-state index in [1.165, 1.54) is 31.4 Å². The average molecular weight is 549 g/mol. The molecular formula is C25H26F6N2O3S. The van der Waals surface area contributed by atoms with Gasteiger partial charge in [0.15, 0.2) is 0 Å². The lowest BCUT2D eigenvalue weighted by Crippen LogP contribution is -2.42. The molecule has 5 rings (SSSR count). The minimum absolute atomic E-state index is 0.158. The maximum atomic E-state index is 13.3. The summed E-state index contributed by atoms with van der Waals surface area (Å²) in [7, 11) is -4.40. The molecule has 1 saturated carbocycles. The molecular weight excluding hydrogens is 522 g/mol. The van der Waals surface area contributed by atoms with E-state index in [0.717, 1.165) is 24.9 Å². The molecule has 0 radical (unpaired) electrons. The minimum Gasteiger partial charge on any atom is -0.381 e. The third-order valence-corrected chi connectivity index (χ3v) is 8.98. The van der Waals surface area contributed by atoms with Gasteiger partial charge in [0, 0.05) is 35.5 Å². The maximum absolute atomic E-state index is 13.3. The van der Waals surface area contributed by atoms with Crippen LogP contribution in [-0.2, 0) is 27.1 Å². The van der Waals surface area contributed by atoms with Crippen LogP contribution in [0.25, 0.3) is 0 Å². The maximum Gasteiger partial charge on any atom is 0.417 e. The molecule has 1 aliphatic carbocycles. The van der Waals surface area contributed by atoms with Crippen LogP contribution >= 0.6 is 0 Å². The third kappa shape index (κ3) is 5.14. The van der Waals surface area contributed by atoms with E-state index in [4.69, 9.17) is 4.74 Å². The van der Waals surface area contributed by atoms with Crippen LogP contribution in [0.2, 0.25) is 0 Å². The van der Waals surface area contributed by atoms with Crippen molar-refractivity contribution < 1.29 is 39.5 Å². The topological polar surface area (TPSA) is 67.4 Å². The Morgan fingerprint density at radius 3 is 2.24 bits per heavy atom. The quantitative estimate of drug-likeness (QED) is 0.405. The van der Waals surface area contributed by atoms with Crippen molar-refractivity contribution in [1.29, 1.82) is 0 Å². The van der Waals surface area contributed by atoms with Gasteiger partial charge >= 0.3 is 12.4 Å². The molecule has 0 bridgehead atoms. The van der Waals surface area contributed by atoms with Crippen molar-refractivity contribution in [2.75, 3.05) is 16.6 Å². The lowest BCUT2D eigenvalue weighted by molar-refractivity contribution is -0.162. The van der Waals surface area contributed by atoms with Crippen molar-refractivity contribution in [3.8, 4) is 0 Å². The summed E-state index contributed by atoms with van der Waals surface area (Å²) in [5.41, 5.74) is -3.07. The fraction of sp³-hybridized carbons (Fsp3) is 0.520. The van der Waals surface area contributed by atoms with E-state index in [1.54, 1.807) is 6.07 Å². The Balaban J connectivity index is 1.44. The van der Waals surface area contributed by atoms with Crippen molar-refractivity contribution in [3.63, 3.8) is 0 Å². The van der Waals surface area contributed by atoms with Crippen LogP contribution in [0.1, 0.15) is 61.3 Å². The molecule has 5 nitrogen and oxygen atoms in total. The van der Waals surface area contributed by atoms with Gasteiger partial charge in [0.25, 0.3) is 10.0 Å². The number of hydrogen-bond acceptors (Lipinski definition) is 4. The first-order chi connectivity index (χ1) is 17.3. The van der Waals surface area contributed by atoms with Crippen molar-refractivity contribution in [1.82, 2.24) is 0 Å². The minimum atomic E-state index is -5.33. The van der Waals surface area contributed by atoms with Crippen LogP contribution in [0.5, 0.6) is 0 Å². The van der Waals surface area contributed by atoms with E-state index in [1.807, 2.05) is 4.72 Å². The zero-order valence-electron chi connectivity index (χ0n) is 19.6. The molecule has 2 fully saturated rings. The summed E-state index contributed by atoms with van der Waals surface area (Å²) < 4.78 is 113. The molecule has 2 heterocycles. The number of halogens is 6. The molecule has 2 N–H and O–H groups in total. The molecule has 2 aromatic rings. The van der Waals surface area contributed by atoms with Crippen molar-refractivity contribution in [3.05, 3.63) is 53.1 Å². The van der Waals surface area contributed by atoms with Gasteiger partial charge < -0.3 is 10.1 Å². The lowest BCUT2D eigenvalue weighted by Gasteiger charge is -2.42. The first kappa shape index (κ1) is 26.1. The van der Waals surface area contributed by atoms with Crippen LogP contribution in [0.3, 0.4) is 0 Å². The van der Waals surface area contributed by atoms with Crippen LogP contribution < -0.4 is 10.0 Å². The number of anilines is 2. The summed E-state index contributed by atoms with van der Waals surface area (Å²) in [6.07, 6.45) is -4.22. The van der Waals surface area contributed by atoms with Crippen LogP contribution in [0.15, 0.2) is 41.3 Å². The molecule has 2 aromatic carbocycles. The second-order valence-electron chi connectivity index (χ2n) is 9.92. The number of hydrogen-bond donors (Lipinski definition) is 2. The van der Waals surface area contributed by atoms with Crippen LogP contribution in [0.4, 0.5) is 37.7 Å². The van der Waals surface area contributed by atoms with E-state index in [-0.39, 0.29) is 35.1 Å². The Bertz CT molecular complexity index is 1270. The highest BCUT2D eigenvalue weighted by Crippen LogP contribution is 2.49. The predicted molar refractivity (Wildman–Crippen MR) is 124 cm³/mol. The van der Waals surface area contributed by atoms with Gasteiger partial charge in [0.05, 0.1) is 22.1 Å². The Kier molecular flexibility index (Phi) is 6.62. The molecule has 3 unspecified atom stereocenters. The normalized spacial score (nSPS) is 24.8. The van der Waals surface area contributed by atoms with Gasteiger partial charge in [-0.2, -0.15) is 26.3 Å². The van der Waals surface area contributed by atoms with Crippen molar-refractivity contribution in [2.45, 2.75) is 67.9 Å². The van der Waals surface area contributed by atoms with Gasteiger partial charge in [-0.3, -0.25) is 4.72 Å². The summed E-state index contributed by atoms with van der Waals surface area (Å²) in [6.45, 7) is 0.542. The first-order valence-corrected chi connectivity index (χ1v) is 13.7. The van der Waals surface area contributed by atoms with E-state index < -0.39 is 39.2 Å². The zero-order chi connectivity index (χ0) is 26.6. The summed E-state index contributed by atoms with van der Waals surface area (Å²) in [5.74, 6) is 0.675. The number of rotatable bonds is 4. The van der Waals surface area contributed by atoms with Crippen molar-refractivity contribution in [2.24, 2.45) is 11.8 Å². The Morgan fingerprint density at radius 2 is 1.57 bits per heavy atom. The van der Waals surface area contributed by atoms with Gasteiger partial charge in [-0.15, -0.1) is 0 Å². The first-order valence-electron chi connectivity index (χ1n) is 12.2. The largest absolute Gasteiger partial charge is 0.417 e. The molecule has 37 heavy (non-hydrogen) atoms. The van der Waals surface area contributed by atoms with Gasteiger partial charge in [-0.05, 0) is 61.6 Å². The number of sulfonamides is 1. The van der Waals surface area contributed by atoms with E-state index in [0.29, 0.717) is 24.2 Å². The van der Waals surface area contributed by atoms with Crippen LogP contribution in [0, 0.1) is 11.8 Å². The summed E-state index contributed by atoms with van der Waals surface area (Å²) in [4.78, 5) is -0.216. The summed E-state index contributed by atoms with van der Waals surface area (Å²) in [6, 6.07) is 5.64. The molecule has 3 atom stereocenters. The molecule has 0 aromatic heterocycles.